The summed E-state index contributed by atoms with van der Waals surface area (Å²) in [4.78, 5) is 28.7. The summed E-state index contributed by atoms with van der Waals surface area (Å²) >= 11 is 0. The third-order valence-corrected chi connectivity index (χ3v) is 8.07. The first-order valence-corrected chi connectivity index (χ1v) is 15.7. The van der Waals surface area contributed by atoms with Crippen LogP contribution in [0.1, 0.15) is 0 Å². The van der Waals surface area contributed by atoms with Crippen molar-refractivity contribution >= 4 is 0 Å². The van der Waals surface area contributed by atoms with E-state index in [1.54, 1.807) is 12.4 Å². The fraction of sp³-hybridized carbons (Fsp3) is 0. The Morgan fingerprint density at radius 2 is 0.646 bits per heavy atom. The Morgan fingerprint density at radius 1 is 0.250 bits per heavy atom. The summed E-state index contributed by atoms with van der Waals surface area (Å²) in [6, 6.07) is 53.0. The van der Waals surface area contributed by atoms with Gasteiger partial charge < -0.3 is 0 Å². The summed E-state index contributed by atoms with van der Waals surface area (Å²) in [5, 5.41) is 0. The van der Waals surface area contributed by atoms with E-state index in [1.807, 2.05) is 103 Å². The van der Waals surface area contributed by atoms with Gasteiger partial charge in [-0.3, -0.25) is 4.98 Å². The molecule has 0 radical (unpaired) electrons. The van der Waals surface area contributed by atoms with Gasteiger partial charge in [0.2, 0.25) is 0 Å². The van der Waals surface area contributed by atoms with Crippen LogP contribution in [0.2, 0.25) is 0 Å². The van der Waals surface area contributed by atoms with E-state index in [0.717, 1.165) is 55.9 Å². The van der Waals surface area contributed by atoms with Gasteiger partial charge in [0.1, 0.15) is 0 Å². The number of pyridine rings is 1. The van der Waals surface area contributed by atoms with Gasteiger partial charge in [-0.05, 0) is 35.4 Å². The van der Waals surface area contributed by atoms with Crippen molar-refractivity contribution in [2.45, 2.75) is 0 Å². The maximum absolute atomic E-state index is 4.98. The zero-order valence-electron chi connectivity index (χ0n) is 25.8. The molecule has 0 saturated carbocycles. The molecule has 6 nitrogen and oxygen atoms in total. The van der Waals surface area contributed by atoms with Gasteiger partial charge in [0, 0.05) is 45.8 Å². The molecule has 0 N–H and O–H groups in total. The van der Waals surface area contributed by atoms with E-state index in [4.69, 9.17) is 24.9 Å². The molecule has 0 bridgehead atoms. The summed E-state index contributed by atoms with van der Waals surface area (Å²) in [5.74, 6) is 2.53. The van der Waals surface area contributed by atoms with E-state index in [-0.39, 0.29) is 0 Å². The summed E-state index contributed by atoms with van der Waals surface area (Å²) in [6.45, 7) is 0. The molecule has 48 heavy (non-hydrogen) atoms. The zero-order chi connectivity index (χ0) is 32.1. The second-order valence-corrected chi connectivity index (χ2v) is 11.3. The Bertz CT molecular complexity index is 2190. The van der Waals surface area contributed by atoms with E-state index in [1.165, 1.54) is 0 Å². The molecule has 3 heterocycles. The predicted molar refractivity (Wildman–Crippen MR) is 191 cm³/mol. The van der Waals surface area contributed by atoms with Crippen LogP contribution in [-0.2, 0) is 0 Å². The van der Waals surface area contributed by atoms with Crippen LogP contribution in [-0.4, -0.2) is 29.9 Å². The van der Waals surface area contributed by atoms with Crippen molar-refractivity contribution in [3.63, 3.8) is 0 Å². The molecule has 0 aliphatic carbocycles. The van der Waals surface area contributed by atoms with Crippen LogP contribution in [0, 0.1) is 0 Å². The topological polar surface area (TPSA) is 77.3 Å². The van der Waals surface area contributed by atoms with Gasteiger partial charge >= 0.3 is 0 Å². The molecule has 3 aromatic heterocycles. The van der Waals surface area contributed by atoms with Crippen LogP contribution in [0.5, 0.6) is 0 Å². The van der Waals surface area contributed by atoms with Crippen molar-refractivity contribution in [3.05, 3.63) is 170 Å². The average molecular weight is 617 g/mol. The summed E-state index contributed by atoms with van der Waals surface area (Å²) in [5.41, 5.74) is 9.64. The molecular weight excluding hydrogens is 589 g/mol. The van der Waals surface area contributed by atoms with Gasteiger partial charge in [0.25, 0.3) is 0 Å². The van der Waals surface area contributed by atoms with Gasteiger partial charge in [-0.15, -0.1) is 0 Å². The normalized spacial score (nSPS) is 10.9. The molecule has 0 amide bonds. The molecule has 0 saturated heterocycles. The highest BCUT2D eigenvalue weighted by Crippen LogP contribution is 2.31. The highest BCUT2D eigenvalue weighted by atomic mass is 15.0. The first-order valence-electron chi connectivity index (χ1n) is 15.7. The van der Waals surface area contributed by atoms with Gasteiger partial charge in [-0.25, -0.2) is 24.9 Å². The third-order valence-electron chi connectivity index (χ3n) is 8.07. The van der Waals surface area contributed by atoms with Gasteiger partial charge in [-0.1, -0.05) is 133 Å². The fourth-order valence-electron chi connectivity index (χ4n) is 5.59. The Hall–Kier alpha value is -6.66. The lowest BCUT2D eigenvalue weighted by Gasteiger charge is -2.11. The zero-order valence-corrected chi connectivity index (χ0v) is 25.8. The molecule has 6 heteroatoms. The van der Waals surface area contributed by atoms with Crippen molar-refractivity contribution in [1.29, 1.82) is 0 Å². The van der Waals surface area contributed by atoms with E-state index in [2.05, 4.69) is 59.6 Å². The molecule has 8 rings (SSSR count). The minimum atomic E-state index is 0.602. The lowest BCUT2D eigenvalue weighted by molar-refractivity contribution is 1.07. The SMILES string of the molecule is c1ccc(-c2cc(-c3ccc(-c4cccc(-c5nc(-c6ccccc6)nc(-c6ccncc6)n5)c4)cc3)nc(-c3ccccc3)n2)cc1. The van der Waals surface area contributed by atoms with Crippen LogP contribution < -0.4 is 0 Å². The van der Waals surface area contributed by atoms with E-state index < -0.39 is 0 Å². The molecule has 0 aliphatic heterocycles. The van der Waals surface area contributed by atoms with Crippen LogP contribution in [0.15, 0.2) is 170 Å². The minimum absolute atomic E-state index is 0.602. The smallest absolute Gasteiger partial charge is 0.164 e. The second-order valence-electron chi connectivity index (χ2n) is 11.3. The molecule has 0 aliphatic rings. The number of hydrogen-bond acceptors (Lipinski definition) is 6. The minimum Gasteiger partial charge on any atom is -0.265 e. The average Bonchev–Trinajstić information content (AvgIpc) is 3.19. The fourth-order valence-corrected chi connectivity index (χ4v) is 5.59. The molecule has 0 fully saturated rings. The molecule has 0 atom stereocenters. The van der Waals surface area contributed by atoms with Crippen LogP contribution in [0.25, 0.3) is 79.2 Å². The Kier molecular flexibility index (Phi) is 7.79. The molecule has 8 aromatic rings. The number of rotatable bonds is 7. The van der Waals surface area contributed by atoms with Crippen molar-refractivity contribution in [3.8, 4) is 79.2 Å². The van der Waals surface area contributed by atoms with Crippen LogP contribution in [0.4, 0.5) is 0 Å². The highest BCUT2D eigenvalue weighted by Gasteiger charge is 2.14. The first-order chi connectivity index (χ1) is 23.8. The summed E-state index contributed by atoms with van der Waals surface area (Å²) in [6.07, 6.45) is 3.50. The largest absolute Gasteiger partial charge is 0.265 e. The Balaban J connectivity index is 1.16. The molecular formula is C42H28N6. The van der Waals surface area contributed by atoms with E-state index >= 15 is 0 Å². The van der Waals surface area contributed by atoms with Crippen molar-refractivity contribution in [1.82, 2.24) is 29.9 Å². The van der Waals surface area contributed by atoms with Crippen molar-refractivity contribution < 1.29 is 0 Å². The van der Waals surface area contributed by atoms with Gasteiger partial charge in [0.05, 0.1) is 11.4 Å². The number of hydrogen-bond donors (Lipinski definition) is 0. The molecule has 5 aromatic carbocycles. The lowest BCUT2D eigenvalue weighted by atomic mass is 10.00. The Morgan fingerprint density at radius 3 is 1.21 bits per heavy atom. The number of benzene rings is 5. The first kappa shape index (κ1) is 28.8. The predicted octanol–water partition coefficient (Wildman–Crippen LogP) is 9.73. The van der Waals surface area contributed by atoms with E-state index in [0.29, 0.717) is 23.3 Å². The van der Waals surface area contributed by atoms with Crippen LogP contribution >= 0.6 is 0 Å². The summed E-state index contributed by atoms with van der Waals surface area (Å²) < 4.78 is 0. The van der Waals surface area contributed by atoms with Crippen molar-refractivity contribution in [2.24, 2.45) is 0 Å². The van der Waals surface area contributed by atoms with Crippen LogP contribution in [0.3, 0.4) is 0 Å². The molecule has 226 valence electrons. The van der Waals surface area contributed by atoms with Gasteiger partial charge in [0.15, 0.2) is 23.3 Å². The Labute approximate surface area is 278 Å². The lowest BCUT2D eigenvalue weighted by Crippen LogP contribution is -2.00. The van der Waals surface area contributed by atoms with Gasteiger partial charge in [-0.2, -0.15) is 0 Å². The molecule has 0 unspecified atom stereocenters. The highest BCUT2D eigenvalue weighted by molar-refractivity contribution is 5.76. The van der Waals surface area contributed by atoms with Crippen molar-refractivity contribution in [2.75, 3.05) is 0 Å². The monoisotopic (exact) mass is 616 g/mol. The standard InChI is InChI=1S/C42H28N6/c1-4-11-30(12-5-1)37-28-38(45-39(44-37)32-13-6-2-7-14-32)31-21-19-29(20-22-31)35-17-10-18-36(27-35)42-47-40(33-15-8-3-9-16-33)46-41(48-42)34-23-25-43-26-24-34/h1-28H. The quantitative estimate of drug-likeness (QED) is 0.177. The maximum atomic E-state index is 4.98. The number of nitrogens with zero attached hydrogens (tertiary/aromatic N) is 6. The maximum Gasteiger partial charge on any atom is 0.164 e. The summed E-state index contributed by atoms with van der Waals surface area (Å²) in [7, 11) is 0. The second kappa shape index (κ2) is 13.0. The number of aromatic nitrogens is 6. The molecule has 0 spiro atoms. The third kappa shape index (κ3) is 6.10. The van der Waals surface area contributed by atoms with E-state index in [9.17, 15) is 0 Å².